The van der Waals surface area contributed by atoms with E-state index in [1.165, 1.54) is 19.1 Å². The summed E-state index contributed by atoms with van der Waals surface area (Å²) in [5, 5.41) is 0. The lowest BCUT2D eigenvalue weighted by molar-refractivity contribution is -0.138. The molecule has 0 aliphatic heterocycles. The second-order valence-corrected chi connectivity index (χ2v) is 6.41. The van der Waals surface area contributed by atoms with E-state index < -0.39 is 29.3 Å². The van der Waals surface area contributed by atoms with Gasteiger partial charge in [0.15, 0.2) is 0 Å². The number of aryl methyl sites for hydroxylation is 1. The Bertz CT molecular complexity index is 958. The van der Waals surface area contributed by atoms with Crippen LogP contribution in [0.5, 0.6) is 0 Å². The number of benzene rings is 2. The van der Waals surface area contributed by atoms with Gasteiger partial charge in [0.05, 0.1) is 16.8 Å². The highest BCUT2D eigenvalue weighted by molar-refractivity contribution is 5.59. The van der Waals surface area contributed by atoms with Gasteiger partial charge in [0.1, 0.15) is 5.82 Å². The summed E-state index contributed by atoms with van der Waals surface area (Å²) in [6, 6.07) is 11.7. The summed E-state index contributed by atoms with van der Waals surface area (Å²) in [7, 11) is 0. The molecule has 0 amide bonds. The van der Waals surface area contributed by atoms with Crippen LogP contribution in [0, 0.1) is 12.7 Å². The zero-order valence-corrected chi connectivity index (χ0v) is 18.1. The number of alkyl halides is 6. The number of aromatic nitrogens is 1. The van der Waals surface area contributed by atoms with Gasteiger partial charge >= 0.3 is 12.4 Å². The number of hydrogen-bond acceptors (Lipinski definition) is 1. The molecule has 0 saturated carbocycles. The molecule has 0 fully saturated rings. The lowest BCUT2D eigenvalue weighted by Gasteiger charge is -2.11. The van der Waals surface area contributed by atoms with Crippen molar-refractivity contribution in [1.82, 2.24) is 4.98 Å². The van der Waals surface area contributed by atoms with Crippen molar-refractivity contribution in [3.8, 4) is 11.3 Å². The molecule has 0 bridgehead atoms. The molecule has 8 heteroatoms. The Balaban J connectivity index is 0.000000307. The van der Waals surface area contributed by atoms with Crippen LogP contribution in [0.3, 0.4) is 0 Å². The predicted octanol–water partition coefficient (Wildman–Crippen LogP) is 8.51. The van der Waals surface area contributed by atoms with Gasteiger partial charge in [-0.1, -0.05) is 45.0 Å². The predicted molar refractivity (Wildman–Crippen MR) is 112 cm³/mol. The third kappa shape index (κ3) is 7.66. The van der Waals surface area contributed by atoms with Gasteiger partial charge in [0.2, 0.25) is 0 Å². The van der Waals surface area contributed by atoms with Crippen LogP contribution >= 0.6 is 0 Å². The Morgan fingerprint density at radius 1 is 0.781 bits per heavy atom. The third-order valence-corrected chi connectivity index (χ3v) is 4.20. The van der Waals surface area contributed by atoms with Crippen LogP contribution in [-0.2, 0) is 18.8 Å². The quantitative estimate of drug-likeness (QED) is 0.350. The fourth-order valence-electron chi connectivity index (χ4n) is 2.65. The molecule has 0 radical (unpaired) electrons. The maximum absolute atomic E-state index is 12.9. The minimum Gasteiger partial charge on any atom is -0.256 e. The first kappa shape index (κ1) is 27.1. The highest BCUT2D eigenvalue weighted by atomic mass is 19.4. The van der Waals surface area contributed by atoms with Gasteiger partial charge < -0.3 is 0 Å². The molecule has 174 valence electrons. The van der Waals surface area contributed by atoms with Gasteiger partial charge in [0, 0.05) is 11.8 Å². The Morgan fingerprint density at radius 3 is 1.78 bits per heavy atom. The van der Waals surface area contributed by atoms with Crippen molar-refractivity contribution in [3.63, 3.8) is 0 Å². The molecule has 32 heavy (non-hydrogen) atoms. The SMILES string of the molecule is CC.CCc1c(F)cccc1C(F)(F)F.Cc1ccc(-c2ccc(C(F)(F)F)cc2)nc1. The van der Waals surface area contributed by atoms with E-state index in [4.69, 9.17) is 0 Å². The van der Waals surface area contributed by atoms with Crippen molar-refractivity contribution in [2.45, 2.75) is 46.5 Å². The maximum atomic E-state index is 12.9. The average molecular weight is 459 g/mol. The number of hydrogen-bond donors (Lipinski definition) is 0. The van der Waals surface area contributed by atoms with Crippen LogP contribution in [0.15, 0.2) is 60.8 Å². The van der Waals surface area contributed by atoms with E-state index in [2.05, 4.69) is 4.98 Å². The number of rotatable bonds is 2. The van der Waals surface area contributed by atoms with Crippen LogP contribution in [0.2, 0.25) is 0 Å². The van der Waals surface area contributed by atoms with Crippen LogP contribution in [0.25, 0.3) is 11.3 Å². The average Bonchev–Trinajstić information content (AvgIpc) is 2.75. The molecule has 0 saturated heterocycles. The lowest BCUT2D eigenvalue weighted by atomic mass is 10.0. The van der Waals surface area contributed by atoms with Crippen LogP contribution < -0.4 is 0 Å². The molecular weight excluding hydrogens is 435 g/mol. The van der Waals surface area contributed by atoms with E-state index in [9.17, 15) is 30.7 Å². The zero-order valence-electron chi connectivity index (χ0n) is 18.1. The summed E-state index contributed by atoms with van der Waals surface area (Å²) in [6.45, 7) is 7.40. The molecule has 2 aromatic carbocycles. The Kier molecular flexibility index (Phi) is 9.87. The highest BCUT2D eigenvalue weighted by Gasteiger charge is 2.33. The topological polar surface area (TPSA) is 12.9 Å². The molecule has 0 unspecified atom stereocenters. The first-order chi connectivity index (χ1) is 14.9. The summed E-state index contributed by atoms with van der Waals surface area (Å²) < 4.78 is 86.7. The molecule has 0 N–H and O–H groups in total. The van der Waals surface area contributed by atoms with Crippen LogP contribution in [0.4, 0.5) is 30.7 Å². The molecule has 1 nitrogen and oxygen atoms in total. The molecule has 1 aromatic heterocycles. The van der Waals surface area contributed by atoms with Crippen molar-refractivity contribution in [3.05, 3.63) is 88.9 Å². The van der Waals surface area contributed by atoms with Crippen LogP contribution in [0.1, 0.15) is 43.0 Å². The second kappa shape index (κ2) is 11.6. The van der Waals surface area contributed by atoms with Crippen molar-refractivity contribution < 1.29 is 30.7 Å². The first-order valence-corrected chi connectivity index (χ1v) is 9.88. The summed E-state index contributed by atoms with van der Waals surface area (Å²) in [6.07, 6.45) is -7.03. The van der Waals surface area contributed by atoms with Crippen molar-refractivity contribution >= 4 is 0 Å². The highest BCUT2D eigenvalue weighted by Crippen LogP contribution is 2.33. The van der Waals surface area contributed by atoms with Crippen molar-refractivity contribution in [2.75, 3.05) is 0 Å². The van der Waals surface area contributed by atoms with Gasteiger partial charge in [-0.2, -0.15) is 26.3 Å². The largest absolute Gasteiger partial charge is 0.416 e. The number of nitrogens with zero attached hydrogens (tertiary/aromatic N) is 1. The van der Waals surface area contributed by atoms with Gasteiger partial charge in [0.25, 0.3) is 0 Å². The second-order valence-electron chi connectivity index (χ2n) is 6.41. The zero-order chi connectivity index (χ0) is 24.5. The van der Waals surface area contributed by atoms with Gasteiger partial charge in [-0.05, 0) is 54.8 Å². The van der Waals surface area contributed by atoms with Gasteiger partial charge in [-0.25, -0.2) is 4.39 Å². The smallest absolute Gasteiger partial charge is 0.256 e. The minimum absolute atomic E-state index is 0.0432. The van der Waals surface area contributed by atoms with Gasteiger partial charge in [-0.3, -0.25) is 4.98 Å². The first-order valence-electron chi connectivity index (χ1n) is 9.88. The molecule has 0 aliphatic carbocycles. The summed E-state index contributed by atoms with van der Waals surface area (Å²) in [5.74, 6) is -0.794. The molecule has 0 spiro atoms. The van der Waals surface area contributed by atoms with E-state index in [1.54, 1.807) is 12.3 Å². The van der Waals surface area contributed by atoms with E-state index in [0.717, 1.165) is 35.9 Å². The third-order valence-electron chi connectivity index (χ3n) is 4.20. The standard InChI is InChI=1S/C13H10F3N.C9H8F4.C2H6/c1-9-2-7-12(17-8-9)10-3-5-11(6-4-10)13(14,15)16;1-2-6-7(9(11,12)13)4-3-5-8(6)10;1-2/h2-8H,1H3;3-5H,2H2,1H3;1-2H3. The Morgan fingerprint density at radius 2 is 1.38 bits per heavy atom. The van der Waals surface area contributed by atoms with E-state index in [1.807, 2.05) is 26.8 Å². The fourth-order valence-corrected chi connectivity index (χ4v) is 2.65. The molecule has 3 aromatic rings. The number of pyridine rings is 1. The molecular formula is C24H24F7N. The van der Waals surface area contributed by atoms with E-state index >= 15 is 0 Å². The van der Waals surface area contributed by atoms with Gasteiger partial charge in [-0.15, -0.1) is 0 Å². The Hall–Kier alpha value is -2.90. The summed E-state index contributed by atoms with van der Waals surface area (Å²) in [5.41, 5.74) is 0.571. The summed E-state index contributed by atoms with van der Waals surface area (Å²) in [4.78, 5) is 4.16. The van der Waals surface area contributed by atoms with Crippen molar-refractivity contribution in [1.29, 1.82) is 0 Å². The Labute approximate surface area is 182 Å². The minimum atomic E-state index is -4.46. The van der Waals surface area contributed by atoms with Crippen LogP contribution in [-0.4, -0.2) is 4.98 Å². The summed E-state index contributed by atoms with van der Waals surface area (Å²) >= 11 is 0. The van der Waals surface area contributed by atoms with E-state index in [-0.39, 0.29) is 12.0 Å². The molecule has 3 rings (SSSR count). The molecule has 0 atom stereocenters. The number of halogens is 7. The fraction of sp³-hybridized carbons (Fsp3) is 0.292. The normalized spacial score (nSPS) is 11.1. The lowest BCUT2D eigenvalue weighted by Crippen LogP contribution is -2.10. The monoisotopic (exact) mass is 459 g/mol. The maximum Gasteiger partial charge on any atom is 0.416 e. The molecule has 1 heterocycles. The van der Waals surface area contributed by atoms with E-state index in [0.29, 0.717) is 11.3 Å². The van der Waals surface area contributed by atoms with Crippen molar-refractivity contribution in [2.24, 2.45) is 0 Å². The molecule has 0 aliphatic rings.